The molecule has 1 aliphatic heterocycles. The van der Waals surface area contributed by atoms with Crippen molar-refractivity contribution in [3.63, 3.8) is 0 Å². The molecule has 0 aromatic carbocycles. The zero-order valence-electron chi connectivity index (χ0n) is 12.0. The number of aryl methyl sites for hydroxylation is 1. The van der Waals surface area contributed by atoms with Gasteiger partial charge in [0.1, 0.15) is 10.6 Å². The molecule has 0 saturated carbocycles. The molecule has 0 unspecified atom stereocenters. The lowest BCUT2D eigenvalue weighted by atomic mass is 10.3. The lowest BCUT2D eigenvalue weighted by molar-refractivity contribution is 0.204. The van der Waals surface area contributed by atoms with Gasteiger partial charge in [0.2, 0.25) is 5.28 Å². The summed E-state index contributed by atoms with van der Waals surface area (Å²) in [5.41, 5.74) is 0. The van der Waals surface area contributed by atoms with Gasteiger partial charge >= 0.3 is 0 Å². The highest BCUT2D eigenvalue weighted by atomic mass is 35.5. The molecule has 3 rings (SSSR count). The molecule has 1 aliphatic rings. The van der Waals surface area contributed by atoms with Crippen molar-refractivity contribution in [3.8, 4) is 0 Å². The maximum absolute atomic E-state index is 9.08. The third-order valence-electron chi connectivity index (χ3n) is 3.77. The van der Waals surface area contributed by atoms with Crippen molar-refractivity contribution in [3.05, 3.63) is 16.2 Å². The molecule has 7 heteroatoms. The van der Waals surface area contributed by atoms with Crippen LogP contribution in [0, 0.1) is 6.92 Å². The number of hydrogen-bond donors (Lipinski definition) is 1. The molecule has 21 heavy (non-hydrogen) atoms. The molecule has 1 saturated heterocycles. The van der Waals surface area contributed by atoms with E-state index in [0.717, 1.165) is 55.2 Å². The molecule has 114 valence electrons. The monoisotopic (exact) mass is 326 g/mol. The van der Waals surface area contributed by atoms with E-state index < -0.39 is 0 Å². The normalized spacial score (nSPS) is 17.4. The van der Waals surface area contributed by atoms with Gasteiger partial charge in [0, 0.05) is 31.1 Å². The number of thiophene rings is 1. The Labute approximate surface area is 133 Å². The summed E-state index contributed by atoms with van der Waals surface area (Å²) in [5, 5.41) is 10.5. The van der Waals surface area contributed by atoms with E-state index in [1.54, 1.807) is 11.3 Å². The van der Waals surface area contributed by atoms with Crippen LogP contribution in [0.1, 0.15) is 11.3 Å². The molecule has 1 fully saturated rings. The summed E-state index contributed by atoms with van der Waals surface area (Å²) < 4.78 is 0. The predicted octanol–water partition coefficient (Wildman–Crippen LogP) is 2.16. The Bertz CT molecular complexity index is 633. The number of hydrogen-bond acceptors (Lipinski definition) is 6. The summed E-state index contributed by atoms with van der Waals surface area (Å²) in [4.78, 5) is 15.6. The SMILES string of the molecule is Cc1cc2c(N3CCCN(CCO)CC3)nc(Cl)nc2s1. The van der Waals surface area contributed by atoms with Crippen molar-refractivity contribution < 1.29 is 5.11 Å². The number of halogens is 1. The minimum absolute atomic E-state index is 0.216. The molecule has 1 N–H and O–H groups in total. The number of fused-ring (bicyclic) bond motifs is 1. The molecule has 0 radical (unpaired) electrons. The number of aliphatic hydroxyl groups excluding tert-OH is 1. The second-order valence-corrected chi connectivity index (χ2v) is 6.87. The first-order valence-electron chi connectivity index (χ1n) is 7.19. The van der Waals surface area contributed by atoms with Crippen LogP contribution in [0.3, 0.4) is 0 Å². The molecule has 0 aliphatic carbocycles. The van der Waals surface area contributed by atoms with Crippen LogP contribution in [0.2, 0.25) is 5.28 Å². The van der Waals surface area contributed by atoms with Gasteiger partial charge in [0.25, 0.3) is 0 Å². The van der Waals surface area contributed by atoms with Crippen molar-refractivity contribution in [2.45, 2.75) is 13.3 Å². The Morgan fingerprint density at radius 1 is 1.29 bits per heavy atom. The number of nitrogens with zero attached hydrogens (tertiary/aromatic N) is 4. The van der Waals surface area contributed by atoms with E-state index in [4.69, 9.17) is 16.7 Å². The number of aliphatic hydroxyl groups is 1. The molecule has 0 spiro atoms. The third kappa shape index (κ3) is 3.29. The van der Waals surface area contributed by atoms with Gasteiger partial charge in [-0.1, -0.05) is 0 Å². The lowest BCUT2D eigenvalue weighted by Gasteiger charge is -2.23. The van der Waals surface area contributed by atoms with Gasteiger partial charge in [0.15, 0.2) is 0 Å². The Balaban J connectivity index is 1.89. The first kappa shape index (κ1) is 15.0. The van der Waals surface area contributed by atoms with E-state index in [0.29, 0.717) is 5.28 Å². The second kappa shape index (κ2) is 6.44. The van der Waals surface area contributed by atoms with Gasteiger partial charge in [0.05, 0.1) is 12.0 Å². The van der Waals surface area contributed by atoms with Crippen LogP contribution in [0.4, 0.5) is 5.82 Å². The summed E-state index contributed by atoms with van der Waals surface area (Å²) in [6.07, 6.45) is 1.06. The fourth-order valence-electron chi connectivity index (χ4n) is 2.79. The summed E-state index contributed by atoms with van der Waals surface area (Å²) in [7, 11) is 0. The third-order valence-corrected chi connectivity index (χ3v) is 4.89. The summed E-state index contributed by atoms with van der Waals surface area (Å²) >= 11 is 7.74. The highest BCUT2D eigenvalue weighted by Crippen LogP contribution is 2.32. The zero-order valence-corrected chi connectivity index (χ0v) is 13.6. The molecular formula is C14H19ClN4OS. The fraction of sp³-hybridized carbons (Fsp3) is 0.571. The van der Waals surface area contributed by atoms with Crippen molar-refractivity contribution in [1.82, 2.24) is 14.9 Å². The van der Waals surface area contributed by atoms with Gasteiger partial charge in [-0.2, -0.15) is 4.98 Å². The Morgan fingerprint density at radius 3 is 2.95 bits per heavy atom. The van der Waals surface area contributed by atoms with Crippen LogP contribution in [-0.2, 0) is 0 Å². The van der Waals surface area contributed by atoms with E-state index in [1.165, 1.54) is 4.88 Å². The number of β-amino-alcohol motifs (C(OH)–C–C–N with tert-alkyl or cyclic N) is 1. The van der Waals surface area contributed by atoms with Crippen molar-refractivity contribution in [2.24, 2.45) is 0 Å². The zero-order chi connectivity index (χ0) is 14.8. The van der Waals surface area contributed by atoms with Gasteiger partial charge in [-0.3, -0.25) is 4.90 Å². The van der Waals surface area contributed by atoms with Crippen LogP contribution >= 0.6 is 22.9 Å². The average Bonchev–Trinajstić information content (AvgIpc) is 2.67. The first-order chi connectivity index (χ1) is 10.2. The molecule has 3 heterocycles. The Kier molecular flexibility index (Phi) is 4.59. The van der Waals surface area contributed by atoms with E-state index in [1.807, 2.05) is 0 Å². The molecule has 0 amide bonds. The topological polar surface area (TPSA) is 52.5 Å². The van der Waals surface area contributed by atoms with E-state index in [9.17, 15) is 0 Å². The summed E-state index contributed by atoms with van der Waals surface area (Å²) in [6, 6.07) is 2.14. The standard InChI is InChI=1S/C14H19ClN4OS/c1-10-9-11-12(16-14(15)17-13(11)21-10)19-4-2-3-18(5-6-19)7-8-20/h9,20H,2-8H2,1H3. The van der Waals surface area contributed by atoms with Gasteiger partial charge < -0.3 is 10.0 Å². The smallest absolute Gasteiger partial charge is 0.225 e. The average molecular weight is 327 g/mol. The minimum Gasteiger partial charge on any atom is -0.395 e. The fourth-order valence-corrected chi connectivity index (χ4v) is 3.88. The molecule has 0 bridgehead atoms. The Hall–Kier alpha value is -0.950. The first-order valence-corrected chi connectivity index (χ1v) is 8.38. The van der Waals surface area contributed by atoms with Gasteiger partial charge in [-0.25, -0.2) is 4.98 Å². The van der Waals surface area contributed by atoms with Crippen LogP contribution in [0.5, 0.6) is 0 Å². The van der Waals surface area contributed by atoms with E-state index in [-0.39, 0.29) is 6.61 Å². The van der Waals surface area contributed by atoms with Crippen molar-refractivity contribution in [1.29, 1.82) is 0 Å². The van der Waals surface area contributed by atoms with Crippen LogP contribution in [0.15, 0.2) is 6.07 Å². The predicted molar refractivity (Wildman–Crippen MR) is 87.5 cm³/mol. The van der Waals surface area contributed by atoms with Crippen molar-refractivity contribution in [2.75, 3.05) is 44.2 Å². The molecule has 2 aromatic heterocycles. The molecule has 0 atom stereocenters. The van der Waals surface area contributed by atoms with Crippen molar-refractivity contribution >= 4 is 39.0 Å². The molecule has 2 aromatic rings. The molecular weight excluding hydrogens is 308 g/mol. The quantitative estimate of drug-likeness (QED) is 0.876. The minimum atomic E-state index is 0.216. The lowest BCUT2D eigenvalue weighted by Crippen LogP contribution is -2.32. The molecule has 5 nitrogen and oxygen atoms in total. The van der Waals surface area contributed by atoms with Gasteiger partial charge in [-0.15, -0.1) is 11.3 Å². The summed E-state index contributed by atoms with van der Waals surface area (Å²) in [5.74, 6) is 0.945. The number of anilines is 1. The largest absolute Gasteiger partial charge is 0.395 e. The van der Waals surface area contributed by atoms with Gasteiger partial charge in [-0.05, 0) is 37.6 Å². The van der Waals surface area contributed by atoms with Crippen LogP contribution < -0.4 is 4.90 Å². The maximum Gasteiger partial charge on any atom is 0.225 e. The Morgan fingerprint density at radius 2 is 2.14 bits per heavy atom. The van der Waals surface area contributed by atoms with Crippen LogP contribution in [0.25, 0.3) is 10.2 Å². The highest BCUT2D eigenvalue weighted by Gasteiger charge is 2.19. The second-order valence-electron chi connectivity index (χ2n) is 5.30. The van der Waals surface area contributed by atoms with E-state index in [2.05, 4.69) is 32.8 Å². The summed E-state index contributed by atoms with van der Waals surface area (Å²) in [6.45, 7) is 6.85. The van der Waals surface area contributed by atoms with Crippen LogP contribution in [-0.4, -0.2) is 59.3 Å². The number of aromatic nitrogens is 2. The number of rotatable bonds is 3. The van der Waals surface area contributed by atoms with E-state index >= 15 is 0 Å². The maximum atomic E-state index is 9.08. The highest BCUT2D eigenvalue weighted by molar-refractivity contribution is 7.18.